The van der Waals surface area contributed by atoms with E-state index in [-0.39, 0.29) is 35.7 Å². The van der Waals surface area contributed by atoms with Crippen LogP contribution in [0.4, 0.5) is 5.13 Å². The molecule has 2 aliphatic heterocycles. The SMILES string of the molecule is CC(C)ON=C(C(=O)NC1C(=O)N2CC(CCl)(C(=O)OC(c3ccccc3)c3ccccc3)CS(=O)[C@H]12)c1csc(NC(c2ccccc2)(c2ccccc2)c2ccccc2)n1. The summed E-state index contributed by atoms with van der Waals surface area (Å²) in [6.45, 7) is 3.42. The lowest BCUT2D eigenvalue weighted by molar-refractivity contribution is -0.164. The van der Waals surface area contributed by atoms with Crippen molar-refractivity contribution in [1.29, 1.82) is 0 Å². The number of oxime groups is 1. The lowest BCUT2D eigenvalue weighted by Gasteiger charge is -2.53. The summed E-state index contributed by atoms with van der Waals surface area (Å²) in [5, 5.41) is 12.0. The molecular formula is C48H44ClN5O6S2. The molecule has 2 N–H and O–H groups in total. The smallest absolute Gasteiger partial charge is 0.317 e. The van der Waals surface area contributed by atoms with E-state index in [1.54, 1.807) is 19.2 Å². The van der Waals surface area contributed by atoms with E-state index in [0.717, 1.165) is 27.8 Å². The number of aromatic nitrogens is 1. The molecule has 0 bridgehead atoms. The Labute approximate surface area is 371 Å². The van der Waals surface area contributed by atoms with Crippen LogP contribution in [0.15, 0.2) is 162 Å². The van der Waals surface area contributed by atoms with Crippen molar-refractivity contribution in [2.75, 3.05) is 23.5 Å². The summed E-state index contributed by atoms with van der Waals surface area (Å²) in [4.78, 5) is 54.0. The maximum atomic E-state index is 14.2. The number of alkyl halides is 1. The predicted octanol–water partition coefficient (Wildman–Crippen LogP) is 7.65. The number of benzene rings is 5. The van der Waals surface area contributed by atoms with E-state index in [9.17, 15) is 18.6 Å². The molecule has 4 atom stereocenters. The van der Waals surface area contributed by atoms with Crippen LogP contribution in [0, 0.1) is 5.41 Å². The number of rotatable bonds is 15. The summed E-state index contributed by atoms with van der Waals surface area (Å²) in [5.41, 5.74) is 2.12. The quantitative estimate of drug-likeness (QED) is 0.0268. The molecule has 2 aliphatic rings. The number of esters is 1. The van der Waals surface area contributed by atoms with Crippen LogP contribution in [-0.2, 0) is 40.3 Å². The standard InChI is InChI=1S/C48H44ClN5O6S2/c1-32(2)60-53-39(38-28-61-46(50-38)52-48(35-22-12-5-13-23-35,36-24-14-6-15-25-36)37-26-16-7-17-27-37)42(55)51-40-43(56)54-30-47(29-49,31-62(58)44(40)54)45(57)59-41(33-18-8-3-9-19-33)34-20-10-4-11-21-34/h3-28,32,40-41,44H,29-31H2,1-2H3,(H,50,52)(H,51,55)/t40?,44-,47?,62?/m1/s1. The van der Waals surface area contributed by atoms with Gasteiger partial charge in [0.1, 0.15) is 34.2 Å². The van der Waals surface area contributed by atoms with Gasteiger partial charge in [-0.15, -0.1) is 22.9 Å². The maximum Gasteiger partial charge on any atom is 0.317 e. The fourth-order valence-corrected chi connectivity index (χ4v) is 11.0. The van der Waals surface area contributed by atoms with Crippen molar-refractivity contribution < 1.29 is 28.2 Å². The van der Waals surface area contributed by atoms with Crippen molar-refractivity contribution in [3.05, 3.63) is 191 Å². The monoisotopic (exact) mass is 885 g/mol. The van der Waals surface area contributed by atoms with Gasteiger partial charge in [-0.3, -0.25) is 18.6 Å². The Balaban J connectivity index is 1.03. The molecule has 3 heterocycles. The number of thiazole rings is 1. The van der Waals surface area contributed by atoms with E-state index in [2.05, 4.69) is 52.2 Å². The number of carbonyl (C=O) groups is 3. The zero-order valence-corrected chi connectivity index (χ0v) is 36.3. The number of anilines is 1. The van der Waals surface area contributed by atoms with Crippen LogP contribution in [0.2, 0.25) is 0 Å². The van der Waals surface area contributed by atoms with Gasteiger partial charge in [-0.05, 0) is 41.7 Å². The van der Waals surface area contributed by atoms with Crippen LogP contribution in [0.5, 0.6) is 0 Å². The van der Waals surface area contributed by atoms with Crippen LogP contribution in [-0.4, -0.2) is 73.3 Å². The Hall–Kier alpha value is -6.15. The van der Waals surface area contributed by atoms with Gasteiger partial charge >= 0.3 is 5.97 Å². The van der Waals surface area contributed by atoms with Crippen LogP contribution >= 0.6 is 22.9 Å². The molecule has 2 saturated heterocycles. The van der Waals surface area contributed by atoms with Gasteiger partial charge < -0.3 is 25.1 Å². The van der Waals surface area contributed by atoms with Crippen LogP contribution < -0.4 is 10.6 Å². The number of hydrogen-bond donors (Lipinski definition) is 2. The Bertz CT molecular complexity index is 2430. The normalized spacial score (nSPS) is 20.0. The van der Waals surface area contributed by atoms with Crippen molar-refractivity contribution in [3.8, 4) is 0 Å². The van der Waals surface area contributed by atoms with Gasteiger partial charge in [0, 0.05) is 34.4 Å². The molecule has 11 nitrogen and oxygen atoms in total. The number of nitrogens with zero attached hydrogens (tertiary/aromatic N) is 3. The largest absolute Gasteiger partial charge is 0.452 e. The number of nitrogens with one attached hydrogen (secondary N) is 2. The molecule has 0 spiro atoms. The van der Waals surface area contributed by atoms with Gasteiger partial charge in [-0.1, -0.05) is 157 Å². The highest BCUT2D eigenvalue weighted by Gasteiger charge is 2.61. The summed E-state index contributed by atoms with van der Waals surface area (Å²) in [7, 11) is -1.81. The Morgan fingerprint density at radius 2 is 1.35 bits per heavy atom. The number of fused-ring (bicyclic) bond motifs is 1. The van der Waals surface area contributed by atoms with Crippen LogP contribution in [0.3, 0.4) is 0 Å². The van der Waals surface area contributed by atoms with Gasteiger partial charge in [0.2, 0.25) is 5.91 Å². The molecule has 6 aromatic rings. The second-order valence-corrected chi connectivity index (χ2v) is 18.1. The number of hydrogen-bond acceptors (Lipinski definition) is 10. The lowest BCUT2D eigenvalue weighted by Crippen LogP contribution is -2.77. The van der Waals surface area contributed by atoms with E-state index >= 15 is 0 Å². The minimum Gasteiger partial charge on any atom is -0.452 e. The minimum atomic E-state index is -1.81. The molecule has 0 radical (unpaired) electrons. The Morgan fingerprint density at radius 1 is 0.855 bits per heavy atom. The predicted molar refractivity (Wildman–Crippen MR) is 242 cm³/mol. The molecule has 3 unspecified atom stereocenters. The fraction of sp³-hybridized carbons (Fsp3) is 0.229. The van der Waals surface area contributed by atoms with Crippen LogP contribution in [0.25, 0.3) is 0 Å². The number of β-lactam (4-membered cyclic amide) rings is 1. The topological polar surface area (TPSA) is 139 Å². The number of ether oxygens (including phenoxy) is 1. The fourth-order valence-electron chi connectivity index (χ4n) is 7.88. The highest BCUT2D eigenvalue weighted by atomic mass is 35.5. The van der Waals surface area contributed by atoms with Crippen molar-refractivity contribution in [1.82, 2.24) is 15.2 Å². The second-order valence-electron chi connectivity index (χ2n) is 15.5. The van der Waals surface area contributed by atoms with E-state index in [1.165, 1.54) is 16.2 Å². The highest BCUT2D eigenvalue weighted by molar-refractivity contribution is 7.86. The van der Waals surface area contributed by atoms with E-state index in [1.807, 2.05) is 115 Å². The average Bonchev–Trinajstić information content (AvgIpc) is 3.78. The zero-order valence-electron chi connectivity index (χ0n) is 33.9. The average molecular weight is 886 g/mol. The second kappa shape index (κ2) is 18.4. The van der Waals surface area contributed by atoms with Gasteiger partial charge in [-0.2, -0.15) is 0 Å². The number of carbonyl (C=O) groups excluding carboxylic acids is 3. The summed E-state index contributed by atoms with van der Waals surface area (Å²) in [6, 6.07) is 47.6. The summed E-state index contributed by atoms with van der Waals surface area (Å²) in [5.74, 6) is -2.31. The van der Waals surface area contributed by atoms with Gasteiger partial charge in [0.15, 0.2) is 16.9 Å². The molecule has 8 rings (SSSR count). The molecule has 1 aromatic heterocycles. The summed E-state index contributed by atoms with van der Waals surface area (Å²) in [6.07, 6.45) is -1.14. The van der Waals surface area contributed by atoms with Gasteiger partial charge in [0.25, 0.3) is 5.91 Å². The molecule has 316 valence electrons. The molecule has 0 saturated carbocycles. The first-order chi connectivity index (χ1) is 30.1. The van der Waals surface area contributed by atoms with Gasteiger partial charge in [0.05, 0.1) is 0 Å². The molecule has 2 amide bonds. The van der Waals surface area contributed by atoms with Crippen molar-refractivity contribution >= 4 is 62.4 Å². The molecule has 14 heteroatoms. The summed E-state index contributed by atoms with van der Waals surface area (Å²) < 4.78 is 20.2. The van der Waals surface area contributed by atoms with Crippen molar-refractivity contribution in [2.24, 2.45) is 10.6 Å². The first-order valence-corrected chi connectivity index (χ1v) is 22.9. The number of halogens is 1. The molecule has 0 aliphatic carbocycles. The van der Waals surface area contributed by atoms with E-state index < -0.39 is 57.1 Å². The van der Waals surface area contributed by atoms with E-state index in [0.29, 0.717) is 5.13 Å². The molecule has 5 aromatic carbocycles. The molecule has 2 fully saturated rings. The highest BCUT2D eigenvalue weighted by Crippen LogP contribution is 2.42. The Morgan fingerprint density at radius 3 is 1.84 bits per heavy atom. The van der Waals surface area contributed by atoms with Crippen molar-refractivity contribution in [3.63, 3.8) is 0 Å². The zero-order chi connectivity index (χ0) is 43.3. The maximum absolute atomic E-state index is 14.2. The van der Waals surface area contributed by atoms with E-state index in [4.69, 9.17) is 26.2 Å². The minimum absolute atomic E-state index is 0.127. The third-order valence-corrected chi connectivity index (χ3v) is 14.1. The molecular weight excluding hydrogens is 842 g/mol. The van der Waals surface area contributed by atoms with Crippen LogP contribution in [0.1, 0.15) is 53.5 Å². The number of amides is 2. The van der Waals surface area contributed by atoms with Gasteiger partial charge in [-0.25, -0.2) is 4.98 Å². The first-order valence-electron chi connectivity index (χ1n) is 20.1. The lowest BCUT2D eigenvalue weighted by atomic mass is 9.77. The third kappa shape index (κ3) is 8.40. The summed E-state index contributed by atoms with van der Waals surface area (Å²) >= 11 is 7.80. The Kier molecular flexibility index (Phi) is 12.7. The first kappa shape index (κ1) is 42.5. The molecule has 62 heavy (non-hydrogen) atoms. The van der Waals surface area contributed by atoms with Crippen molar-refractivity contribution in [2.45, 2.75) is 43.0 Å². The third-order valence-electron chi connectivity index (χ3n) is 10.9.